The molecule has 2 aromatic carbocycles. The number of carbonyl (C=O) groups excluding carboxylic acids is 3. The Morgan fingerprint density at radius 2 is 1.68 bits per heavy atom. The van der Waals surface area contributed by atoms with Crippen molar-refractivity contribution >= 4 is 17.7 Å². The largest absolute Gasteiger partial charge is 0.342 e. The summed E-state index contributed by atoms with van der Waals surface area (Å²) in [6.07, 6.45) is 3.21. The van der Waals surface area contributed by atoms with Crippen molar-refractivity contribution in [1.29, 1.82) is 0 Å². The second-order valence-electron chi connectivity index (χ2n) is 10.9. The van der Waals surface area contributed by atoms with Gasteiger partial charge in [-0.05, 0) is 61.1 Å². The maximum atomic E-state index is 15.2. The predicted octanol–water partition coefficient (Wildman–Crippen LogP) is 3.79. The summed E-state index contributed by atoms with van der Waals surface area (Å²) in [6.45, 7) is 4.88. The van der Waals surface area contributed by atoms with Crippen molar-refractivity contribution in [2.24, 2.45) is 11.8 Å². The van der Waals surface area contributed by atoms with E-state index in [2.05, 4.69) is 5.32 Å². The average molecular weight is 510 g/mol. The molecule has 0 radical (unpaired) electrons. The van der Waals surface area contributed by atoms with Gasteiger partial charge in [-0.2, -0.15) is 0 Å². The molecule has 2 heterocycles. The maximum absolute atomic E-state index is 15.2. The molecule has 37 heavy (non-hydrogen) atoms. The van der Waals surface area contributed by atoms with Gasteiger partial charge in [-0.1, -0.05) is 44.2 Å². The molecule has 3 amide bonds. The minimum atomic E-state index is -1.34. The fourth-order valence-corrected chi connectivity index (χ4v) is 6.11. The number of hydrogen-bond acceptors (Lipinski definition) is 3. The number of carbonyl (C=O) groups is 3. The zero-order valence-corrected chi connectivity index (χ0v) is 21.3. The molecule has 0 aromatic heterocycles. The van der Waals surface area contributed by atoms with Crippen molar-refractivity contribution < 1.29 is 23.2 Å². The van der Waals surface area contributed by atoms with Gasteiger partial charge in [0.1, 0.15) is 29.8 Å². The Bertz CT molecular complexity index is 1190. The molecule has 2 aliphatic heterocycles. The Kier molecular flexibility index (Phi) is 7.01. The average Bonchev–Trinajstić information content (AvgIpc) is 3.54. The molecule has 0 bridgehead atoms. The zero-order valence-electron chi connectivity index (χ0n) is 21.3. The van der Waals surface area contributed by atoms with Gasteiger partial charge in [0.05, 0.1) is 0 Å². The van der Waals surface area contributed by atoms with Crippen LogP contribution in [0.15, 0.2) is 42.5 Å². The number of likely N-dealkylation sites (tertiary alicyclic amines) is 1. The zero-order chi connectivity index (χ0) is 26.3. The van der Waals surface area contributed by atoms with Gasteiger partial charge in [-0.25, -0.2) is 8.78 Å². The summed E-state index contributed by atoms with van der Waals surface area (Å²) < 4.78 is 29.1. The first-order valence-corrected chi connectivity index (χ1v) is 13.2. The smallest absolute Gasteiger partial charge is 0.250 e. The number of piperazine rings is 1. The molecule has 3 atom stereocenters. The second kappa shape index (κ2) is 10.2. The van der Waals surface area contributed by atoms with E-state index in [4.69, 9.17) is 0 Å². The first-order valence-electron chi connectivity index (χ1n) is 13.2. The number of rotatable bonds is 6. The van der Waals surface area contributed by atoms with Gasteiger partial charge >= 0.3 is 0 Å². The fourth-order valence-electron chi connectivity index (χ4n) is 6.11. The lowest BCUT2D eigenvalue weighted by molar-refractivity contribution is -0.160. The topological polar surface area (TPSA) is 69.7 Å². The van der Waals surface area contributed by atoms with Gasteiger partial charge in [0, 0.05) is 24.7 Å². The van der Waals surface area contributed by atoms with Crippen LogP contribution >= 0.6 is 0 Å². The Labute approximate surface area is 216 Å². The number of halogens is 2. The third kappa shape index (κ3) is 4.86. The van der Waals surface area contributed by atoms with Crippen molar-refractivity contribution in [2.75, 3.05) is 13.1 Å². The van der Waals surface area contributed by atoms with Gasteiger partial charge in [0.15, 0.2) is 0 Å². The highest BCUT2D eigenvalue weighted by Crippen LogP contribution is 2.37. The van der Waals surface area contributed by atoms with Crippen molar-refractivity contribution in [2.45, 2.75) is 64.1 Å². The van der Waals surface area contributed by atoms with E-state index in [1.165, 1.54) is 11.0 Å². The Morgan fingerprint density at radius 3 is 2.27 bits per heavy atom. The van der Waals surface area contributed by atoms with Crippen LogP contribution in [0, 0.1) is 23.5 Å². The highest BCUT2D eigenvalue weighted by molar-refractivity contribution is 6.00. The molecule has 0 spiro atoms. The van der Waals surface area contributed by atoms with Gasteiger partial charge in [0.25, 0.3) is 0 Å². The van der Waals surface area contributed by atoms with Crippen LogP contribution < -0.4 is 5.32 Å². The summed E-state index contributed by atoms with van der Waals surface area (Å²) in [7, 11) is 0. The lowest BCUT2D eigenvalue weighted by Crippen LogP contribution is -2.67. The summed E-state index contributed by atoms with van der Waals surface area (Å²) in [5.74, 6) is -2.94. The minimum Gasteiger partial charge on any atom is -0.342 e. The second-order valence-corrected chi connectivity index (χ2v) is 10.9. The van der Waals surface area contributed by atoms with E-state index < -0.39 is 35.7 Å². The van der Waals surface area contributed by atoms with E-state index in [9.17, 15) is 18.8 Å². The summed E-state index contributed by atoms with van der Waals surface area (Å²) in [5.41, 5.74) is 2.20. The van der Waals surface area contributed by atoms with Crippen LogP contribution in [0.3, 0.4) is 0 Å². The van der Waals surface area contributed by atoms with Crippen molar-refractivity contribution in [3.63, 3.8) is 0 Å². The molecular weight excluding hydrogens is 476 g/mol. The van der Waals surface area contributed by atoms with Crippen molar-refractivity contribution in [3.05, 3.63) is 70.8 Å². The molecule has 1 aliphatic carbocycles. The number of amides is 3. The van der Waals surface area contributed by atoms with Crippen LogP contribution in [0.2, 0.25) is 0 Å². The van der Waals surface area contributed by atoms with Crippen LogP contribution in [0.4, 0.5) is 8.78 Å². The number of nitrogens with one attached hydrogen (secondary N) is 1. The highest BCUT2D eigenvalue weighted by atomic mass is 19.1. The summed E-state index contributed by atoms with van der Waals surface area (Å²) in [6, 6.07) is 7.91. The van der Waals surface area contributed by atoms with Crippen LogP contribution in [0.1, 0.15) is 55.8 Å². The summed E-state index contributed by atoms with van der Waals surface area (Å²) >= 11 is 0. The Balaban J connectivity index is 1.57. The number of nitrogens with zero attached hydrogens (tertiary/aromatic N) is 2. The van der Waals surface area contributed by atoms with Gasteiger partial charge in [0.2, 0.25) is 17.7 Å². The molecule has 2 fully saturated rings. The molecule has 2 aromatic rings. The van der Waals surface area contributed by atoms with E-state index in [1.54, 1.807) is 4.90 Å². The number of benzene rings is 2. The highest BCUT2D eigenvalue weighted by Gasteiger charge is 2.50. The third-order valence-electron chi connectivity index (χ3n) is 7.89. The monoisotopic (exact) mass is 509 g/mol. The molecule has 196 valence electrons. The van der Waals surface area contributed by atoms with Crippen LogP contribution in [-0.2, 0) is 27.2 Å². The summed E-state index contributed by atoms with van der Waals surface area (Å²) in [5, 5.41) is 2.96. The maximum Gasteiger partial charge on any atom is 0.250 e. The first kappa shape index (κ1) is 25.4. The minimum absolute atomic E-state index is 0.0407. The van der Waals surface area contributed by atoms with Crippen LogP contribution in [0.25, 0.3) is 0 Å². The van der Waals surface area contributed by atoms with Gasteiger partial charge in [-0.15, -0.1) is 0 Å². The predicted molar refractivity (Wildman–Crippen MR) is 134 cm³/mol. The van der Waals surface area contributed by atoms with Crippen LogP contribution in [-0.4, -0.2) is 52.7 Å². The number of fused-ring (bicyclic) bond motifs is 1. The van der Waals surface area contributed by atoms with Gasteiger partial charge in [-0.3, -0.25) is 14.4 Å². The van der Waals surface area contributed by atoms with Crippen LogP contribution in [0.5, 0.6) is 0 Å². The standard InChI is InChI=1S/C29H33F2N3O3/c1-17(2)13-24-27(35)32-25(20-14-18-7-3-4-8-19(18)15-20)28(36)34(24)26(29(37)33-11-5-6-12-33)22-10-9-21(30)16-23(22)31/h3-4,7-10,16-17,20,24-26H,5-6,11-15H2,1-2H3,(H,32,35)/t24-,25?,26-/m1/s1. The molecule has 8 heteroatoms. The van der Waals surface area contributed by atoms with Crippen molar-refractivity contribution in [1.82, 2.24) is 15.1 Å². The quantitative estimate of drug-likeness (QED) is 0.645. The van der Waals surface area contributed by atoms with E-state index in [-0.39, 0.29) is 29.2 Å². The molecule has 6 nitrogen and oxygen atoms in total. The third-order valence-corrected chi connectivity index (χ3v) is 7.89. The van der Waals surface area contributed by atoms with E-state index >= 15 is 4.39 Å². The van der Waals surface area contributed by atoms with E-state index in [0.717, 1.165) is 36.1 Å². The fraction of sp³-hybridized carbons (Fsp3) is 0.483. The number of hydrogen-bond donors (Lipinski definition) is 1. The molecule has 5 rings (SSSR count). The molecule has 1 N–H and O–H groups in total. The first-order chi connectivity index (χ1) is 17.7. The van der Waals surface area contributed by atoms with E-state index in [1.807, 2.05) is 38.1 Å². The Hall–Kier alpha value is -3.29. The molecular formula is C29H33F2N3O3. The summed E-state index contributed by atoms with van der Waals surface area (Å²) in [4.78, 5) is 44.7. The SMILES string of the molecule is CC(C)C[C@@H]1C(=O)NC(C2Cc3ccccc3C2)C(=O)N1[C@@H](C(=O)N1CCCC1)c1ccc(F)cc1F. The Morgan fingerprint density at radius 1 is 1.03 bits per heavy atom. The molecule has 0 saturated carbocycles. The lowest BCUT2D eigenvalue weighted by atomic mass is 9.87. The normalized spacial score (nSPS) is 22.9. The van der Waals surface area contributed by atoms with Crippen molar-refractivity contribution in [3.8, 4) is 0 Å². The molecule has 1 unspecified atom stereocenters. The molecule has 2 saturated heterocycles. The molecule has 3 aliphatic rings. The lowest BCUT2D eigenvalue weighted by Gasteiger charge is -2.45. The van der Waals surface area contributed by atoms with Gasteiger partial charge < -0.3 is 15.1 Å². The van der Waals surface area contributed by atoms with E-state index in [0.29, 0.717) is 32.4 Å².